The van der Waals surface area contributed by atoms with E-state index in [-0.39, 0.29) is 5.91 Å². The van der Waals surface area contributed by atoms with Gasteiger partial charge in [0.25, 0.3) is 5.91 Å². The van der Waals surface area contributed by atoms with Crippen molar-refractivity contribution in [2.24, 2.45) is 0 Å². The fourth-order valence-electron chi connectivity index (χ4n) is 1.94. The topological polar surface area (TPSA) is 88.5 Å². The summed E-state index contributed by atoms with van der Waals surface area (Å²) in [5.41, 5.74) is 1.45. The fourth-order valence-corrected chi connectivity index (χ4v) is 2.85. The van der Waals surface area contributed by atoms with Gasteiger partial charge in [-0.3, -0.25) is 4.79 Å². The van der Waals surface area contributed by atoms with E-state index in [1.165, 1.54) is 11.3 Å². The molecule has 6 nitrogen and oxygen atoms in total. The van der Waals surface area contributed by atoms with Crippen LogP contribution in [0.4, 0.5) is 5.69 Å². The number of amides is 1. The Hall–Kier alpha value is -2.41. The first-order valence-corrected chi connectivity index (χ1v) is 8.02. The number of carboxylic acids is 1. The average molecular weight is 334 g/mol. The molecule has 0 aliphatic heterocycles. The van der Waals surface area contributed by atoms with E-state index >= 15 is 0 Å². The molecule has 0 bridgehead atoms. The summed E-state index contributed by atoms with van der Waals surface area (Å²) in [4.78, 5) is 27.5. The van der Waals surface area contributed by atoms with Gasteiger partial charge in [-0.2, -0.15) is 0 Å². The number of nitrogens with zero attached hydrogens (tertiary/aromatic N) is 1. The first kappa shape index (κ1) is 17.0. The minimum absolute atomic E-state index is 0.202. The number of aryl methyl sites for hydroxylation is 2. The van der Waals surface area contributed by atoms with Crippen LogP contribution >= 0.6 is 11.3 Å². The molecular formula is C16H18N2O4S. The molecular weight excluding hydrogens is 316 g/mol. The molecule has 0 unspecified atom stereocenters. The Kier molecular flexibility index (Phi) is 5.70. The highest BCUT2D eigenvalue weighted by molar-refractivity contribution is 7.13. The maximum absolute atomic E-state index is 12.2. The second kappa shape index (κ2) is 7.73. The Morgan fingerprint density at radius 1 is 1.39 bits per heavy atom. The van der Waals surface area contributed by atoms with E-state index in [1.54, 1.807) is 24.4 Å². The number of carbonyl (C=O) groups excluding carboxylic acids is 1. The third-order valence-corrected chi connectivity index (χ3v) is 4.11. The summed E-state index contributed by atoms with van der Waals surface area (Å²) < 4.78 is 5.10. The smallest absolute Gasteiger partial charge is 0.341 e. The summed E-state index contributed by atoms with van der Waals surface area (Å²) >= 11 is 1.39. The molecule has 1 aromatic carbocycles. The van der Waals surface area contributed by atoms with E-state index in [1.807, 2.05) is 6.92 Å². The number of rotatable bonds is 7. The van der Waals surface area contributed by atoms with Gasteiger partial charge in [-0.05, 0) is 43.5 Å². The first-order chi connectivity index (χ1) is 11.0. The molecule has 122 valence electrons. The lowest BCUT2D eigenvalue weighted by Gasteiger charge is -2.10. The van der Waals surface area contributed by atoms with Gasteiger partial charge in [-0.1, -0.05) is 6.92 Å². The van der Waals surface area contributed by atoms with Crippen LogP contribution in [-0.4, -0.2) is 28.6 Å². The van der Waals surface area contributed by atoms with Gasteiger partial charge >= 0.3 is 5.97 Å². The lowest BCUT2D eigenvalue weighted by atomic mass is 10.2. The summed E-state index contributed by atoms with van der Waals surface area (Å²) in [5.74, 6) is -0.786. The third-order valence-electron chi connectivity index (χ3n) is 3.05. The number of thiazole rings is 1. The number of benzene rings is 1. The number of hydrogen-bond acceptors (Lipinski definition) is 5. The molecule has 0 saturated carbocycles. The molecule has 2 aromatic rings. The lowest BCUT2D eigenvalue weighted by molar-refractivity contribution is -0.139. The lowest BCUT2D eigenvalue weighted by Crippen LogP contribution is -2.12. The zero-order valence-electron chi connectivity index (χ0n) is 13.0. The Morgan fingerprint density at radius 3 is 2.83 bits per heavy atom. The van der Waals surface area contributed by atoms with Gasteiger partial charge in [0.05, 0.1) is 11.2 Å². The van der Waals surface area contributed by atoms with Gasteiger partial charge in [-0.25, -0.2) is 9.78 Å². The minimum Gasteiger partial charge on any atom is -0.482 e. The number of carboxylic acid groups (broad SMARTS) is 1. The van der Waals surface area contributed by atoms with Crippen molar-refractivity contribution < 1.29 is 19.4 Å². The number of nitrogens with one attached hydrogen (secondary N) is 1. The van der Waals surface area contributed by atoms with Crippen LogP contribution in [0.3, 0.4) is 0 Å². The van der Waals surface area contributed by atoms with Crippen LogP contribution in [0.2, 0.25) is 0 Å². The molecule has 2 rings (SSSR count). The highest BCUT2D eigenvalue weighted by Gasteiger charge is 2.12. The van der Waals surface area contributed by atoms with Crippen LogP contribution in [0.5, 0.6) is 5.75 Å². The second-order valence-electron chi connectivity index (χ2n) is 4.98. The molecule has 0 aliphatic carbocycles. The molecule has 0 fully saturated rings. The largest absolute Gasteiger partial charge is 0.482 e. The number of anilines is 1. The van der Waals surface area contributed by atoms with E-state index in [0.29, 0.717) is 16.3 Å². The van der Waals surface area contributed by atoms with E-state index in [4.69, 9.17) is 9.84 Å². The summed E-state index contributed by atoms with van der Waals surface area (Å²) in [6, 6.07) is 5.01. The van der Waals surface area contributed by atoms with E-state index in [2.05, 4.69) is 17.2 Å². The molecule has 1 amide bonds. The van der Waals surface area contributed by atoms with E-state index < -0.39 is 12.6 Å². The van der Waals surface area contributed by atoms with Crippen LogP contribution in [-0.2, 0) is 11.2 Å². The van der Waals surface area contributed by atoms with Gasteiger partial charge in [-0.15, -0.1) is 11.3 Å². The average Bonchev–Trinajstić information content (AvgIpc) is 2.96. The third kappa shape index (κ3) is 4.79. The van der Waals surface area contributed by atoms with Crippen LogP contribution in [0.25, 0.3) is 0 Å². The number of aromatic nitrogens is 1. The van der Waals surface area contributed by atoms with Crippen molar-refractivity contribution in [2.45, 2.75) is 26.7 Å². The summed E-state index contributed by atoms with van der Waals surface area (Å²) in [5, 5.41) is 12.4. The van der Waals surface area contributed by atoms with Crippen molar-refractivity contribution in [3.8, 4) is 5.75 Å². The van der Waals surface area contributed by atoms with Crippen LogP contribution in [0, 0.1) is 6.92 Å². The maximum Gasteiger partial charge on any atom is 0.341 e. The normalized spacial score (nSPS) is 10.3. The molecule has 0 aliphatic rings. The standard InChI is InChI=1S/C16H18N2O4S/c1-3-4-14-17-8-13(23-14)16(21)18-12-6-5-11(7-10(12)2)22-9-15(19)20/h5-8H,3-4,9H2,1-2H3,(H,18,21)(H,19,20). The summed E-state index contributed by atoms with van der Waals surface area (Å²) in [7, 11) is 0. The van der Waals surface area contributed by atoms with E-state index in [0.717, 1.165) is 23.4 Å². The first-order valence-electron chi connectivity index (χ1n) is 7.21. The van der Waals surface area contributed by atoms with Gasteiger partial charge < -0.3 is 15.2 Å². The molecule has 0 saturated heterocycles. The van der Waals surface area contributed by atoms with Crippen molar-refractivity contribution in [3.05, 3.63) is 39.8 Å². The Morgan fingerprint density at radius 2 is 2.17 bits per heavy atom. The summed E-state index contributed by atoms with van der Waals surface area (Å²) in [6.45, 7) is 3.49. The van der Waals surface area contributed by atoms with Gasteiger partial charge in [0.1, 0.15) is 10.6 Å². The van der Waals surface area contributed by atoms with Gasteiger partial charge in [0.15, 0.2) is 6.61 Å². The predicted octanol–water partition coefficient (Wildman–Crippen LogP) is 3.12. The Bertz CT molecular complexity index is 712. The monoisotopic (exact) mass is 334 g/mol. The maximum atomic E-state index is 12.2. The van der Waals surface area contributed by atoms with Gasteiger partial charge in [0.2, 0.25) is 0 Å². The molecule has 1 heterocycles. The number of ether oxygens (including phenoxy) is 1. The fraction of sp³-hybridized carbons (Fsp3) is 0.312. The van der Waals surface area contributed by atoms with Crippen LogP contribution in [0.15, 0.2) is 24.4 Å². The van der Waals surface area contributed by atoms with Crippen molar-refractivity contribution in [3.63, 3.8) is 0 Å². The minimum atomic E-state index is -1.03. The SMILES string of the molecule is CCCc1ncc(C(=O)Nc2ccc(OCC(=O)O)cc2C)s1. The highest BCUT2D eigenvalue weighted by atomic mass is 32.1. The highest BCUT2D eigenvalue weighted by Crippen LogP contribution is 2.23. The Labute approximate surface area is 138 Å². The molecule has 0 radical (unpaired) electrons. The molecule has 23 heavy (non-hydrogen) atoms. The molecule has 2 N–H and O–H groups in total. The van der Waals surface area contributed by atoms with Crippen molar-refractivity contribution in [1.29, 1.82) is 0 Å². The Balaban J connectivity index is 2.03. The van der Waals surface area contributed by atoms with Crippen molar-refractivity contribution in [1.82, 2.24) is 4.98 Å². The van der Waals surface area contributed by atoms with Crippen LogP contribution < -0.4 is 10.1 Å². The predicted molar refractivity (Wildman–Crippen MR) is 88.4 cm³/mol. The van der Waals surface area contributed by atoms with Crippen molar-refractivity contribution in [2.75, 3.05) is 11.9 Å². The second-order valence-corrected chi connectivity index (χ2v) is 6.10. The number of aliphatic carboxylic acids is 1. The quantitative estimate of drug-likeness (QED) is 0.812. The molecule has 7 heteroatoms. The number of carbonyl (C=O) groups is 2. The van der Waals surface area contributed by atoms with Crippen molar-refractivity contribution >= 4 is 28.9 Å². The zero-order valence-corrected chi connectivity index (χ0v) is 13.8. The molecule has 0 spiro atoms. The van der Waals surface area contributed by atoms with Crippen LogP contribution in [0.1, 0.15) is 33.6 Å². The molecule has 0 atom stereocenters. The number of hydrogen-bond donors (Lipinski definition) is 2. The van der Waals surface area contributed by atoms with E-state index in [9.17, 15) is 9.59 Å². The van der Waals surface area contributed by atoms with Gasteiger partial charge in [0, 0.05) is 5.69 Å². The molecule has 1 aromatic heterocycles. The summed E-state index contributed by atoms with van der Waals surface area (Å²) in [6.07, 6.45) is 3.45. The zero-order chi connectivity index (χ0) is 16.8.